The number of nitrogens with one attached hydrogen (secondary N) is 1. The molecule has 126 valence electrons. The first-order valence-corrected chi connectivity index (χ1v) is 10.2. The molecule has 4 saturated carbocycles. The monoisotopic (exact) mass is 333 g/mol. The van der Waals surface area contributed by atoms with Crippen LogP contribution in [-0.4, -0.2) is 24.5 Å². The highest BCUT2D eigenvalue weighted by Gasteiger charge is 2.50. The third-order valence-corrected chi connectivity index (χ3v) is 7.41. The molecule has 1 aromatic rings. The number of carbonyl (C=O) groups excluding carboxylic acids is 1. The number of nitrogens with two attached hydrogens (primary N) is 1. The standard InChI is InChI=1S/C19H28N2OS/c1-12(19(22)20-5-4-17-3-2-6-23-17)21-18-15-8-13-7-14(10-15)11-16(18)9-13/h2-3,6,12-16,18,21H,4-5,7-11H2,1H3,(H,20,22)/p+1/t12-,13?,14?,15?,16?,18?/m0/s1. The van der Waals surface area contributed by atoms with E-state index in [0.717, 1.165) is 36.6 Å². The smallest absolute Gasteiger partial charge is 0.277 e. The van der Waals surface area contributed by atoms with Crippen molar-refractivity contribution < 1.29 is 10.1 Å². The third-order valence-electron chi connectivity index (χ3n) is 6.47. The summed E-state index contributed by atoms with van der Waals surface area (Å²) < 4.78 is 0. The van der Waals surface area contributed by atoms with Crippen LogP contribution < -0.4 is 10.6 Å². The SMILES string of the molecule is C[C@H]([NH2+]C1C2CC3CC(C2)CC1C3)C(=O)NCCc1cccs1. The first-order chi connectivity index (χ1) is 11.2. The van der Waals surface area contributed by atoms with Crippen LogP contribution in [0.15, 0.2) is 17.5 Å². The highest BCUT2D eigenvalue weighted by molar-refractivity contribution is 7.09. The summed E-state index contributed by atoms with van der Waals surface area (Å²) in [7, 11) is 0. The second-order valence-corrected chi connectivity index (χ2v) is 9.14. The van der Waals surface area contributed by atoms with Gasteiger partial charge in [-0.3, -0.25) is 4.79 Å². The molecule has 1 amide bonds. The zero-order valence-electron chi connectivity index (χ0n) is 14.0. The van der Waals surface area contributed by atoms with Gasteiger partial charge in [0.2, 0.25) is 0 Å². The number of hydrogen-bond donors (Lipinski definition) is 2. The second-order valence-electron chi connectivity index (χ2n) is 8.11. The van der Waals surface area contributed by atoms with E-state index in [4.69, 9.17) is 0 Å². The minimum Gasteiger partial charge on any atom is -0.351 e. The Labute approximate surface area is 143 Å². The molecule has 4 aliphatic carbocycles. The Hall–Kier alpha value is -0.870. The molecular weight excluding hydrogens is 304 g/mol. The van der Waals surface area contributed by atoms with Crippen LogP contribution in [0, 0.1) is 23.7 Å². The second kappa shape index (κ2) is 6.56. The van der Waals surface area contributed by atoms with Gasteiger partial charge < -0.3 is 10.6 Å². The third kappa shape index (κ3) is 3.34. The van der Waals surface area contributed by atoms with E-state index in [2.05, 4.69) is 35.1 Å². The molecule has 1 atom stereocenters. The molecule has 0 radical (unpaired) electrons. The quantitative estimate of drug-likeness (QED) is 0.823. The molecule has 0 spiro atoms. The van der Waals surface area contributed by atoms with E-state index in [1.165, 1.54) is 37.0 Å². The van der Waals surface area contributed by atoms with E-state index in [1.807, 2.05) is 0 Å². The van der Waals surface area contributed by atoms with Crippen LogP contribution >= 0.6 is 11.3 Å². The van der Waals surface area contributed by atoms with E-state index >= 15 is 0 Å². The van der Waals surface area contributed by atoms with Gasteiger partial charge >= 0.3 is 0 Å². The Morgan fingerprint density at radius 2 is 1.96 bits per heavy atom. The lowest BCUT2D eigenvalue weighted by Gasteiger charge is -2.53. The van der Waals surface area contributed by atoms with Crippen molar-refractivity contribution in [3.63, 3.8) is 0 Å². The van der Waals surface area contributed by atoms with Gasteiger partial charge in [0.05, 0.1) is 6.04 Å². The Morgan fingerprint density at radius 3 is 2.57 bits per heavy atom. The number of amides is 1. The Balaban J connectivity index is 1.26. The highest BCUT2D eigenvalue weighted by Crippen LogP contribution is 2.52. The molecule has 1 aromatic heterocycles. The molecular formula is C19H29N2OS+. The summed E-state index contributed by atoms with van der Waals surface area (Å²) in [6.07, 6.45) is 8.18. The van der Waals surface area contributed by atoms with E-state index < -0.39 is 0 Å². The number of carbonyl (C=O) groups is 1. The summed E-state index contributed by atoms with van der Waals surface area (Å²) in [4.78, 5) is 13.7. The van der Waals surface area contributed by atoms with Crippen LogP contribution in [0.2, 0.25) is 0 Å². The fourth-order valence-corrected chi connectivity index (χ4v) is 6.34. The van der Waals surface area contributed by atoms with Crippen LogP contribution in [0.4, 0.5) is 0 Å². The Bertz CT molecular complexity index is 514. The highest BCUT2D eigenvalue weighted by atomic mass is 32.1. The number of hydrogen-bond acceptors (Lipinski definition) is 2. The van der Waals surface area contributed by atoms with E-state index in [1.54, 1.807) is 11.3 Å². The van der Waals surface area contributed by atoms with E-state index in [-0.39, 0.29) is 11.9 Å². The fraction of sp³-hybridized carbons (Fsp3) is 0.737. The summed E-state index contributed by atoms with van der Waals surface area (Å²) in [6.45, 7) is 2.85. The van der Waals surface area contributed by atoms with Crippen molar-refractivity contribution in [2.24, 2.45) is 23.7 Å². The normalized spacial score (nSPS) is 36.1. The van der Waals surface area contributed by atoms with Gasteiger partial charge in [-0.25, -0.2) is 0 Å². The zero-order valence-corrected chi connectivity index (χ0v) is 14.9. The molecule has 4 fully saturated rings. The van der Waals surface area contributed by atoms with Gasteiger partial charge in [0.25, 0.3) is 5.91 Å². The first kappa shape index (κ1) is 15.6. The molecule has 23 heavy (non-hydrogen) atoms. The fourth-order valence-electron chi connectivity index (χ4n) is 5.63. The van der Waals surface area contributed by atoms with Crippen molar-refractivity contribution in [1.82, 2.24) is 5.32 Å². The van der Waals surface area contributed by atoms with Gasteiger partial charge in [-0.05, 0) is 68.7 Å². The topological polar surface area (TPSA) is 45.7 Å². The molecule has 1 heterocycles. The molecule has 0 aromatic carbocycles. The lowest BCUT2D eigenvalue weighted by molar-refractivity contribution is -0.725. The van der Waals surface area contributed by atoms with Gasteiger partial charge in [0, 0.05) is 23.3 Å². The number of quaternary nitrogens is 1. The average molecular weight is 334 g/mol. The molecule has 0 aliphatic heterocycles. The van der Waals surface area contributed by atoms with Gasteiger partial charge in [-0.15, -0.1) is 11.3 Å². The summed E-state index contributed by atoms with van der Waals surface area (Å²) in [5, 5.41) is 7.64. The van der Waals surface area contributed by atoms with E-state index in [0.29, 0.717) is 6.04 Å². The summed E-state index contributed by atoms with van der Waals surface area (Å²) in [5.74, 6) is 4.00. The van der Waals surface area contributed by atoms with Crippen molar-refractivity contribution >= 4 is 17.2 Å². The molecule has 0 saturated heterocycles. The van der Waals surface area contributed by atoms with Crippen molar-refractivity contribution in [3.05, 3.63) is 22.4 Å². The maximum Gasteiger partial charge on any atom is 0.277 e. The van der Waals surface area contributed by atoms with Gasteiger partial charge in [-0.2, -0.15) is 0 Å². The first-order valence-electron chi connectivity index (χ1n) is 9.34. The molecule has 4 heteroatoms. The lowest BCUT2D eigenvalue weighted by Crippen LogP contribution is -3.00. The molecule has 4 aliphatic rings. The summed E-state index contributed by atoms with van der Waals surface area (Å²) in [5.41, 5.74) is 0. The van der Waals surface area contributed by atoms with Gasteiger partial charge in [0.15, 0.2) is 6.04 Å². The predicted molar refractivity (Wildman–Crippen MR) is 93.3 cm³/mol. The van der Waals surface area contributed by atoms with Crippen molar-refractivity contribution in [1.29, 1.82) is 0 Å². The largest absolute Gasteiger partial charge is 0.351 e. The van der Waals surface area contributed by atoms with Gasteiger partial charge in [0.1, 0.15) is 0 Å². The minimum absolute atomic E-state index is 0.0564. The van der Waals surface area contributed by atoms with Crippen LogP contribution in [-0.2, 0) is 11.2 Å². The van der Waals surface area contributed by atoms with E-state index in [9.17, 15) is 4.79 Å². The maximum absolute atomic E-state index is 12.4. The predicted octanol–water partition coefficient (Wildman–Crippen LogP) is 2.18. The number of rotatable bonds is 6. The van der Waals surface area contributed by atoms with Crippen molar-refractivity contribution in [2.75, 3.05) is 6.54 Å². The summed E-state index contributed by atoms with van der Waals surface area (Å²) >= 11 is 1.77. The van der Waals surface area contributed by atoms with Crippen LogP contribution in [0.25, 0.3) is 0 Å². The molecule has 0 unspecified atom stereocenters. The Kier molecular flexibility index (Phi) is 4.46. The molecule has 4 bridgehead atoms. The van der Waals surface area contributed by atoms with Crippen LogP contribution in [0.5, 0.6) is 0 Å². The molecule has 3 nitrogen and oxygen atoms in total. The maximum atomic E-state index is 12.4. The zero-order chi connectivity index (χ0) is 15.8. The lowest BCUT2D eigenvalue weighted by atomic mass is 9.54. The van der Waals surface area contributed by atoms with Crippen molar-refractivity contribution in [2.45, 2.75) is 57.5 Å². The molecule has 3 N–H and O–H groups in total. The average Bonchev–Trinajstić information content (AvgIpc) is 3.03. The molecule has 5 rings (SSSR count). The van der Waals surface area contributed by atoms with Crippen LogP contribution in [0.1, 0.15) is 43.9 Å². The van der Waals surface area contributed by atoms with Gasteiger partial charge in [-0.1, -0.05) is 6.07 Å². The summed E-state index contributed by atoms with van der Waals surface area (Å²) in [6, 6.07) is 4.98. The van der Waals surface area contributed by atoms with Crippen LogP contribution in [0.3, 0.4) is 0 Å². The van der Waals surface area contributed by atoms with Crippen molar-refractivity contribution in [3.8, 4) is 0 Å². The minimum atomic E-state index is 0.0564. The Morgan fingerprint density at radius 1 is 1.26 bits per heavy atom. The number of thiophene rings is 1.